The molecule has 0 fully saturated rings. The molecule has 0 aliphatic carbocycles. The molecule has 0 heterocycles. The van der Waals surface area contributed by atoms with E-state index in [0.29, 0.717) is 13.0 Å². The Balaban J connectivity index is 0.000000250. The topological polar surface area (TPSA) is 38.3 Å². The normalized spacial score (nSPS) is 10.8. The van der Waals surface area contributed by atoms with Gasteiger partial charge in [-0.1, -0.05) is 66.7 Å². The largest absolute Gasteiger partial charge is 0.458 e. The van der Waals surface area contributed by atoms with Gasteiger partial charge in [0, 0.05) is 6.54 Å². The molecule has 0 saturated heterocycles. The van der Waals surface area contributed by atoms with Crippen LogP contribution in [-0.4, -0.2) is 20.1 Å². The minimum Gasteiger partial charge on any atom is -0.458 e. The number of likely N-dealkylation sites (N-methyl/N-ethyl adjacent to an activating group) is 1. The molecule has 0 unspecified atom stereocenters. The molecule has 3 nitrogen and oxygen atoms in total. The number of nitrogens with one attached hydrogen (secondary N) is 1. The van der Waals surface area contributed by atoms with Crippen molar-refractivity contribution in [1.29, 1.82) is 0 Å². The van der Waals surface area contributed by atoms with Crippen molar-refractivity contribution in [2.45, 2.75) is 6.10 Å². The van der Waals surface area contributed by atoms with Crippen molar-refractivity contribution < 1.29 is 9.53 Å². The summed E-state index contributed by atoms with van der Waals surface area (Å²) in [5, 5.41) is 2.97. The highest BCUT2D eigenvalue weighted by Gasteiger charge is 2.09. The number of carbonyl (C=O) groups excluding carboxylic acids is 1. The second kappa shape index (κ2) is 9.85. The van der Waals surface area contributed by atoms with Gasteiger partial charge in [0.1, 0.15) is 6.10 Å². The van der Waals surface area contributed by atoms with Crippen molar-refractivity contribution in [2.24, 2.45) is 0 Å². The zero-order valence-electron chi connectivity index (χ0n) is 11.0. The standard InChI is InChI=1S/C10H13NO2.C6H6/c1-11-7-10(13-8-12)9-5-3-2-4-6-9;1-2-4-6-5-3-1/h2-6,8,10-11H,7H2,1H3;1-6H/t10-;/m1./s1. The van der Waals surface area contributed by atoms with Gasteiger partial charge in [-0.15, -0.1) is 0 Å². The molecule has 0 aliphatic heterocycles. The van der Waals surface area contributed by atoms with E-state index in [1.54, 1.807) is 0 Å². The molecule has 3 heteroatoms. The molecule has 0 aromatic heterocycles. The summed E-state index contributed by atoms with van der Waals surface area (Å²) in [6.45, 7) is 1.11. The maximum absolute atomic E-state index is 10.2. The average Bonchev–Trinajstić information content (AvgIpc) is 2.50. The summed E-state index contributed by atoms with van der Waals surface area (Å²) in [6, 6.07) is 21.6. The van der Waals surface area contributed by atoms with Crippen molar-refractivity contribution in [3.8, 4) is 0 Å². The Kier molecular flexibility index (Phi) is 7.74. The van der Waals surface area contributed by atoms with Gasteiger partial charge >= 0.3 is 0 Å². The molecule has 0 aliphatic rings. The van der Waals surface area contributed by atoms with E-state index >= 15 is 0 Å². The molecule has 100 valence electrons. The van der Waals surface area contributed by atoms with E-state index in [2.05, 4.69) is 5.32 Å². The molecule has 0 bridgehead atoms. The number of benzene rings is 2. The van der Waals surface area contributed by atoms with Crippen LogP contribution in [0.2, 0.25) is 0 Å². The lowest BCUT2D eigenvalue weighted by Gasteiger charge is -2.14. The molecular formula is C16H19NO2. The molecule has 0 amide bonds. The third-order valence-corrected chi connectivity index (χ3v) is 2.45. The van der Waals surface area contributed by atoms with Crippen LogP contribution in [0.4, 0.5) is 0 Å². The lowest BCUT2D eigenvalue weighted by Crippen LogP contribution is -2.19. The first kappa shape index (κ1) is 14.9. The van der Waals surface area contributed by atoms with E-state index in [0.717, 1.165) is 5.56 Å². The predicted octanol–water partition coefficient (Wildman–Crippen LogP) is 2.81. The molecular weight excluding hydrogens is 238 g/mol. The summed E-state index contributed by atoms with van der Waals surface area (Å²) >= 11 is 0. The van der Waals surface area contributed by atoms with Crippen LogP contribution in [0.5, 0.6) is 0 Å². The zero-order chi connectivity index (χ0) is 13.8. The molecule has 2 aromatic rings. The van der Waals surface area contributed by atoms with E-state index in [4.69, 9.17) is 4.74 Å². The first-order valence-corrected chi connectivity index (χ1v) is 6.17. The third kappa shape index (κ3) is 6.38. The second-order valence-electron chi connectivity index (χ2n) is 3.84. The number of hydrogen-bond acceptors (Lipinski definition) is 3. The maximum atomic E-state index is 10.2. The van der Waals surface area contributed by atoms with Crippen molar-refractivity contribution in [3.63, 3.8) is 0 Å². The van der Waals surface area contributed by atoms with Crippen LogP contribution >= 0.6 is 0 Å². The second-order valence-corrected chi connectivity index (χ2v) is 3.84. The van der Waals surface area contributed by atoms with E-state index < -0.39 is 0 Å². The lowest BCUT2D eigenvalue weighted by atomic mass is 10.1. The Morgan fingerprint density at radius 3 is 1.89 bits per heavy atom. The Hall–Kier alpha value is -2.13. The smallest absolute Gasteiger partial charge is 0.293 e. The number of hydrogen-bond donors (Lipinski definition) is 1. The first-order chi connectivity index (χ1) is 9.38. The van der Waals surface area contributed by atoms with E-state index in [1.807, 2.05) is 73.8 Å². The Morgan fingerprint density at radius 1 is 1.00 bits per heavy atom. The molecule has 1 N–H and O–H groups in total. The minimum atomic E-state index is -0.191. The van der Waals surface area contributed by atoms with Gasteiger partial charge < -0.3 is 10.1 Å². The van der Waals surface area contributed by atoms with Gasteiger partial charge in [-0.2, -0.15) is 0 Å². The Labute approximate surface area is 114 Å². The predicted molar refractivity (Wildman–Crippen MR) is 76.7 cm³/mol. The van der Waals surface area contributed by atoms with Gasteiger partial charge in [0.25, 0.3) is 6.47 Å². The summed E-state index contributed by atoms with van der Waals surface area (Å²) in [4.78, 5) is 10.2. The number of rotatable bonds is 5. The first-order valence-electron chi connectivity index (χ1n) is 6.17. The monoisotopic (exact) mass is 257 g/mol. The molecule has 2 rings (SSSR count). The van der Waals surface area contributed by atoms with Gasteiger partial charge in [0.05, 0.1) is 0 Å². The van der Waals surface area contributed by atoms with E-state index in [-0.39, 0.29) is 6.10 Å². The highest BCUT2D eigenvalue weighted by molar-refractivity contribution is 5.38. The van der Waals surface area contributed by atoms with Gasteiger partial charge in [-0.05, 0) is 12.6 Å². The summed E-state index contributed by atoms with van der Waals surface area (Å²) < 4.78 is 4.93. The van der Waals surface area contributed by atoms with Crippen molar-refractivity contribution in [1.82, 2.24) is 5.32 Å². The molecule has 0 saturated carbocycles. The molecule has 0 spiro atoms. The lowest BCUT2D eigenvalue weighted by molar-refractivity contribution is -0.133. The molecule has 0 radical (unpaired) electrons. The van der Waals surface area contributed by atoms with Crippen LogP contribution in [0.15, 0.2) is 66.7 Å². The molecule has 1 atom stereocenters. The maximum Gasteiger partial charge on any atom is 0.293 e. The minimum absolute atomic E-state index is 0.191. The summed E-state index contributed by atoms with van der Waals surface area (Å²) in [5.41, 5.74) is 1.00. The Morgan fingerprint density at radius 2 is 1.47 bits per heavy atom. The average molecular weight is 257 g/mol. The Bertz CT molecular complexity index is 404. The summed E-state index contributed by atoms with van der Waals surface area (Å²) in [6.07, 6.45) is -0.191. The van der Waals surface area contributed by atoms with Crippen molar-refractivity contribution in [2.75, 3.05) is 13.6 Å². The molecule has 19 heavy (non-hydrogen) atoms. The SMILES string of the molecule is CNC[C@@H](OC=O)c1ccccc1.c1ccccc1. The van der Waals surface area contributed by atoms with E-state index in [1.165, 1.54) is 0 Å². The van der Waals surface area contributed by atoms with Crippen molar-refractivity contribution >= 4 is 6.47 Å². The molecule has 2 aromatic carbocycles. The fraction of sp³-hybridized carbons (Fsp3) is 0.188. The van der Waals surface area contributed by atoms with Crippen LogP contribution in [0.25, 0.3) is 0 Å². The van der Waals surface area contributed by atoms with Crippen LogP contribution in [0.1, 0.15) is 11.7 Å². The highest BCUT2D eigenvalue weighted by Crippen LogP contribution is 2.14. The van der Waals surface area contributed by atoms with Gasteiger partial charge in [-0.3, -0.25) is 4.79 Å². The fourth-order valence-electron chi connectivity index (χ4n) is 1.55. The van der Waals surface area contributed by atoms with Crippen LogP contribution in [-0.2, 0) is 9.53 Å². The van der Waals surface area contributed by atoms with Gasteiger partial charge in [0.15, 0.2) is 0 Å². The number of carbonyl (C=O) groups is 1. The fourth-order valence-corrected chi connectivity index (χ4v) is 1.55. The van der Waals surface area contributed by atoms with Crippen LogP contribution < -0.4 is 5.32 Å². The number of ether oxygens (including phenoxy) is 1. The van der Waals surface area contributed by atoms with Crippen molar-refractivity contribution in [3.05, 3.63) is 72.3 Å². The third-order valence-electron chi connectivity index (χ3n) is 2.45. The summed E-state index contributed by atoms with van der Waals surface area (Å²) in [7, 11) is 1.82. The zero-order valence-corrected chi connectivity index (χ0v) is 11.0. The summed E-state index contributed by atoms with van der Waals surface area (Å²) in [5.74, 6) is 0. The van der Waals surface area contributed by atoms with Crippen LogP contribution in [0.3, 0.4) is 0 Å². The van der Waals surface area contributed by atoms with Gasteiger partial charge in [-0.25, -0.2) is 0 Å². The van der Waals surface area contributed by atoms with Crippen LogP contribution in [0, 0.1) is 0 Å². The van der Waals surface area contributed by atoms with E-state index in [9.17, 15) is 4.79 Å². The van der Waals surface area contributed by atoms with Gasteiger partial charge in [0.2, 0.25) is 0 Å². The highest BCUT2D eigenvalue weighted by atomic mass is 16.5. The quantitative estimate of drug-likeness (QED) is 0.837.